The van der Waals surface area contributed by atoms with Gasteiger partial charge in [-0.2, -0.15) is 5.10 Å². The molecule has 2 aromatic rings. The van der Waals surface area contributed by atoms with Crippen LogP contribution in [-0.2, 0) is 10.5 Å². The predicted octanol–water partition coefficient (Wildman–Crippen LogP) is 3.47. The third kappa shape index (κ3) is 2.29. The summed E-state index contributed by atoms with van der Waals surface area (Å²) in [5.74, 6) is 0. The van der Waals surface area contributed by atoms with Crippen LogP contribution in [0.2, 0.25) is 10.0 Å². The lowest BCUT2D eigenvalue weighted by Gasteiger charge is -2.29. The van der Waals surface area contributed by atoms with E-state index in [4.69, 9.17) is 27.9 Å². The van der Waals surface area contributed by atoms with Crippen molar-refractivity contribution in [2.75, 3.05) is 6.61 Å². The van der Waals surface area contributed by atoms with E-state index in [-0.39, 0.29) is 4.83 Å². The van der Waals surface area contributed by atoms with Crippen LogP contribution in [0.4, 0.5) is 0 Å². The topological polar surface area (TPSA) is 39.9 Å². The van der Waals surface area contributed by atoms with Gasteiger partial charge in [0, 0.05) is 21.8 Å². The molecule has 0 bridgehead atoms. The number of alkyl halides is 1. The second-order valence-corrected chi connectivity index (χ2v) is 6.50. The van der Waals surface area contributed by atoms with E-state index >= 15 is 0 Å². The van der Waals surface area contributed by atoms with Crippen LogP contribution in [0.15, 0.2) is 30.9 Å². The van der Waals surface area contributed by atoms with Crippen molar-refractivity contribution < 1.29 is 4.74 Å². The number of nitrogens with zero attached hydrogens (tertiary/aromatic N) is 3. The first-order chi connectivity index (χ1) is 9.12. The molecule has 4 nitrogen and oxygen atoms in total. The molecule has 0 spiro atoms. The maximum absolute atomic E-state index is 6.32. The van der Waals surface area contributed by atoms with Crippen LogP contribution >= 0.6 is 39.1 Å². The van der Waals surface area contributed by atoms with Crippen molar-refractivity contribution in [3.8, 4) is 0 Å². The molecule has 1 saturated heterocycles. The number of hydrogen-bond acceptors (Lipinski definition) is 3. The number of rotatable bonds is 2. The maximum Gasteiger partial charge on any atom is 0.191 e. The van der Waals surface area contributed by atoms with Gasteiger partial charge in [-0.15, -0.1) is 0 Å². The number of ether oxygens (including phenoxy) is 1. The molecule has 19 heavy (non-hydrogen) atoms. The third-order valence-corrected chi connectivity index (χ3v) is 4.28. The van der Waals surface area contributed by atoms with Crippen LogP contribution in [0.25, 0.3) is 0 Å². The van der Waals surface area contributed by atoms with E-state index in [9.17, 15) is 0 Å². The van der Waals surface area contributed by atoms with E-state index in [1.54, 1.807) is 23.1 Å². The molecule has 100 valence electrons. The Hall–Kier alpha value is -0.620. The van der Waals surface area contributed by atoms with E-state index in [1.807, 2.05) is 6.07 Å². The van der Waals surface area contributed by atoms with Crippen molar-refractivity contribution in [3.63, 3.8) is 0 Å². The Morgan fingerprint density at radius 2 is 2.26 bits per heavy atom. The van der Waals surface area contributed by atoms with Gasteiger partial charge < -0.3 is 4.74 Å². The fourth-order valence-corrected chi connectivity index (χ4v) is 3.45. The Bertz CT molecular complexity index is 593. The van der Waals surface area contributed by atoms with Gasteiger partial charge in [-0.05, 0) is 12.1 Å². The van der Waals surface area contributed by atoms with Crippen molar-refractivity contribution in [1.29, 1.82) is 0 Å². The average Bonchev–Trinajstić information content (AvgIpc) is 2.99. The highest BCUT2D eigenvalue weighted by Gasteiger charge is 2.45. The number of halogens is 3. The standard InChI is InChI=1S/C12H10BrCl2N3O/c13-8-4-12(19-5-8,18-7-16-6-17-18)10-2-1-9(14)3-11(10)15/h1-3,6-8H,4-5H2. The maximum atomic E-state index is 6.32. The van der Waals surface area contributed by atoms with Crippen LogP contribution < -0.4 is 0 Å². The van der Waals surface area contributed by atoms with Crippen LogP contribution in [0.5, 0.6) is 0 Å². The lowest BCUT2D eigenvalue weighted by Crippen LogP contribution is -2.35. The Morgan fingerprint density at radius 3 is 2.84 bits per heavy atom. The van der Waals surface area contributed by atoms with Crippen molar-refractivity contribution >= 4 is 39.1 Å². The zero-order valence-electron chi connectivity index (χ0n) is 9.76. The molecule has 1 fully saturated rings. The highest BCUT2D eigenvalue weighted by atomic mass is 79.9. The predicted molar refractivity (Wildman–Crippen MR) is 76.8 cm³/mol. The first-order valence-electron chi connectivity index (χ1n) is 5.70. The molecule has 1 aliphatic rings. The SMILES string of the molecule is Clc1ccc(C2(n3cncn3)CC(Br)CO2)c(Cl)c1. The second kappa shape index (κ2) is 5.05. The molecule has 1 aromatic heterocycles. The van der Waals surface area contributed by atoms with E-state index < -0.39 is 5.72 Å². The zero-order valence-corrected chi connectivity index (χ0v) is 12.9. The molecule has 2 unspecified atom stereocenters. The van der Waals surface area contributed by atoms with Gasteiger partial charge in [0.1, 0.15) is 12.7 Å². The van der Waals surface area contributed by atoms with Crippen LogP contribution in [0.3, 0.4) is 0 Å². The molecule has 0 amide bonds. The van der Waals surface area contributed by atoms with Gasteiger partial charge in [0.05, 0.1) is 11.6 Å². The normalized spacial score (nSPS) is 26.8. The van der Waals surface area contributed by atoms with Gasteiger partial charge in [0.25, 0.3) is 0 Å². The highest BCUT2D eigenvalue weighted by Crippen LogP contribution is 2.42. The Morgan fingerprint density at radius 1 is 1.42 bits per heavy atom. The molecule has 3 rings (SSSR count). The molecule has 1 aliphatic heterocycles. The fraction of sp³-hybridized carbons (Fsp3) is 0.333. The summed E-state index contributed by atoms with van der Waals surface area (Å²) in [7, 11) is 0. The van der Waals surface area contributed by atoms with Gasteiger partial charge >= 0.3 is 0 Å². The first-order valence-corrected chi connectivity index (χ1v) is 7.38. The summed E-state index contributed by atoms with van der Waals surface area (Å²) in [6, 6.07) is 5.38. The van der Waals surface area contributed by atoms with E-state index in [1.165, 1.54) is 6.33 Å². The van der Waals surface area contributed by atoms with Gasteiger partial charge in [-0.3, -0.25) is 0 Å². The Balaban J connectivity index is 2.15. The number of hydrogen-bond donors (Lipinski definition) is 0. The van der Waals surface area contributed by atoms with Crippen molar-refractivity contribution in [2.45, 2.75) is 17.0 Å². The van der Waals surface area contributed by atoms with Gasteiger partial charge in [0.15, 0.2) is 5.72 Å². The summed E-state index contributed by atoms with van der Waals surface area (Å²) < 4.78 is 7.69. The van der Waals surface area contributed by atoms with Crippen molar-refractivity contribution in [2.24, 2.45) is 0 Å². The Kier molecular flexibility index (Phi) is 3.55. The Labute approximate surface area is 128 Å². The van der Waals surface area contributed by atoms with Crippen molar-refractivity contribution in [3.05, 3.63) is 46.5 Å². The summed E-state index contributed by atoms with van der Waals surface area (Å²) in [6.07, 6.45) is 3.84. The minimum absolute atomic E-state index is 0.239. The fourth-order valence-electron chi connectivity index (χ4n) is 2.32. The summed E-state index contributed by atoms with van der Waals surface area (Å²) in [5, 5.41) is 5.37. The quantitative estimate of drug-likeness (QED) is 0.768. The molecule has 2 atom stereocenters. The zero-order chi connectivity index (χ0) is 13.5. The minimum Gasteiger partial charge on any atom is -0.348 e. The molecule has 1 aromatic carbocycles. The van der Waals surface area contributed by atoms with Crippen molar-refractivity contribution in [1.82, 2.24) is 14.8 Å². The number of benzene rings is 1. The summed E-state index contributed by atoms with van der Waals surface area (Å²) in [6.45, 7) is 0.582. The van der Waals surface area contributed by atoms with E-state index in [2.05, 4.69) is 26.0 Å². The summed E-state index contributed by atoms with van der Waals surface area (Å²) >= 11 is 15.9. The highest BCUT2D eigenvalue weighted by molar-refractivity contribution is 9.09. The number of aromatic nitrogens is 3. The molecule has 0 radical (unpaired) electrons. The molecular weight excluding hydrogens is 353 g/mol. The van der Waals surface area contributed by atoms with E-state index in [0.29, 0.717) is 16.7 Å². The van der Waals surface area contributed by atoms with Crippen LogP contribution in [0.1, 0.15) is 12.0 Å². The van der Waals surface area contributed by atoms with Gasteiger partial charge in [-0.25, -0.2) is 9.67 Å². The molecule has 0 saturated carbocycles. The summed E-state index contributed by atoms with van der Waals surface area (Å²) in [4.78, 5) is 4.24. The van der Waals surface area contributed by atoms with E-state index in [0.717, 1.165) is 12.0 Å². The van der Waals surface area contributed by atoms with Gasteiger partial charge in [0.2, 0.25) is 0 Å². The van der Waals surface area contributed by atoms with Gasteiger partial charge in [-0.1, -0.05) is 45.2 Å². The molecule has 0 N–H and O–H groups in total. The van der Waals surface area contributed by atoms with Crippen LogP contribution in [-0.4, -0.2) is 26.2 Å². The smallest absolute Gasteiger partial charge is 0.191 e. The lowest BCUT2D eigenvalue weighted by molar-refractivity contribution is -0.0356. The summed E-state index contributed by atoms with van der Waals surface area (Å²) in [5.41, 5.74) is 0.109. The van der Waals surface area contributed by atoms with Crippen LogP contribution in [0, 0.1) is 0 Å². The third-order valence-electron chi connectivity index (χ3n) is 3.14. The monoisotopic (exact) mass is 361 g/mol. The molecule has 2 heterocycles. The largest absolute Gasteiger partial charge is 0.348 e. The first kappa shape index (κ1) is 13.4. The lowest BCUT2D eigenvalue weighted by atomic mass is 9.99. The molecule has 0 aliphatic carbocycles. The molecule has 7 heteroatoms. The average molecular weight is 363 g/mol. The molecular formula is C12H10BrCl2N3O. The second-order valence-electron chi connectivity index (χ2n) is 4.36. The minimum atomic E-state index is -0.730.